The lowest BCUT2D eigenvalue weighted by atomic mass is 9.98. The van der Waals surface area contributed by atoms with Gasteiger partial charge in [0, 0.05) is 5.56 Å². The highest BCUT2D eigenvalue weighted by molar-refractivity contribution is 5.82. The van der Waals surface area contributed by atoms with Crippen molar-refractivity contribution in [1.82, 2.24) is 14.8 Å². The van der Waals surface area contributed by atoms with Gasteiger partial charge in [0.1, 0.15) is 0 Å². The molecule has 0 spiro atoms. The van der Waals surface area contributed by atoms with Crippen molar-refractivity contribution in [2.45, 2.75) is 54.9 Å². The number of hydrogen-bond acceptors (Lipinski definition) is 3. The molecule has 0 bridgehead atoms. The average Bonchev–Trinajstić information content (AvgIpc) is 3.05. The summed E-state index contributed by atoms with van der Waals surface area (Å²) in [5, 5.41) is 20.0. The van der Waals surface area contributed by atoms with Crippen LogP contribution in [-0.4, -0.2) is 26.0 Å². The van der Waals surface area contributed by atoms with Gasteiger partial charge in [-0.3, -0.25) is 9.88 Å². The molecule has 3 aromatic rings. The Morgan fingerprint density at radius 2 is 1.59 bits per heavy atom. The fraction of sp³-hybridized carbons (Fsp3) is 0.348. The molecule has 1 amide bonds. The zero-order valence-corrected chi connectivity index (χ0v) is 18.3. The van der Waals surface area contributed by atoms with Crippen LogP contribution in [0.1, 0.15) is 48.6 Å². The Bertz CT molecular complexity index is 1000. The molecule has 0 saturated carbocycles. The average molecular weight is 395 g/mol. The number of amides is 1. The number of aromatic nitrogens is 3. The van der Waals surface area contributed by atoms with Crippen molar-refractivity contribution in [2.75, 3.05) is 5.32 Å². The van der Waals surface area contributed by atoms with Crippen LogP contribution < -0.4 is 5.32 Å². The van der Waals surface area contributed by atoms with E-state index in [2.05, 4.69) is 47.6 Å². The lowest BCUT2D eigenvalue weighted by molar-refractivity contribution is 0.209. The molecule has 0 aliphatic heterocycles. The van der Waals surface area contributed by atoms with E-state index in [0.29, 0.717) is 5.82 Å². The third kappa shape index (κ3) is 4.83. The molecule has 0 aliphatic carbocycles. The molecule has 0 aliphatic rings. The van der Waals surface area contributed by atoms with E-state index >= 15 is 0 Å². The standard InChI is InChI=1S/C21H24N4O2.C2H6/c1-6-16-11-18(15(5)10-14(16)4)19-23-24-20(22-21(26)27)25(19)17-8-12(2)7-13(3)9-17;1-2/h7-11H,6H2,1-5H3,(H,22,24)(H,26,27);1-2H3. The van der Waals surface area contributed by atoms with Crippen LogP contribution in [-0.2, 0) is 6.42 Å². The Morgan fingerprint density at radius 3 is 2.14 bits per heavy atom. The first-order valence-corrected chi connectivity index (χ1v) is 9.94. The Hall–Kier alpha value is -3.15. The smallest absolute Gasteiger partial charge is 0.411 e. The third-order valence-electron chi connectivity index (χ3n) is 4.65. The van der Waals surface area contributed by atoms with Crippen LogP contribution in [0.4, 0.5) is 10.7 Å². The number of nitrogens with zero attached hydrogens (tertiary/aromatic N) is 3. The van der Waals surface area contributed by atoms with Gasteiger partial charge in [0.25, 0.3) is 0 Å². The van der Waals surface area contributed by atoms with Crippen LogP contribution in [0.5, 0.6) is 0 Å². The molecule has 2 aromatic carbocycles. The van der Waals surface area contributed by atoms with Gasteiger partial charge in [-0.05, 0) is 80.1 Å². The second-order valence-electron chi connectivity index (χ2n) is 6.91. The van der Waals surface area contributed by atoms with Gasteiger partial charge in [-0.15, -0.1) is 10.2 Å². The van der Waals surface area contributed by atoms with E-state index in [-0.39, 0.29) is 5.95 Å². The number of benzene rings is 2. The summed E-state index contributed by atoms with van der Waals surface area (Å²) in [6.45, 7) is 14.3. The van der Waals surface area contributed by atoms with Gasteiger partial charge >= 0.3 is 6.09 Å². The van der Waals surface area contributed by atoms with Gasteiger partial charge < -0.3 is 5.11 Å². The van der Waals surface area contributed by atoms with E-state index < -0.39 is 6.09 Å². The van der Waals surface area contributed by atoms with Crippen molar-refractivity contribution in [2.24, 2.45) is 0 Å². The maximum atomic E-state index is 11.3. The summed E-state index contributed by atoms with van der Waals surface area (Å²) in [4.78, 5) is 11.3. The second kappa shape index (κ2) is 9.37. The summed E-state index contributed by atoms with van der Waals surface area (Å²) in [5.74, 6) is 0.802. The number of carbonyl (C=O) groups is 1. The maximum Gasteiger partial charge on any atom is 0.411 e. The molecule has 29 heavy (non-hydrogen) atoms. The van der Waals surface area contributed by atoms with Crippen molar-refractivity contribution in [1.29, 1.82) is 0 Å². The molecule has 0 atom stereocenters. The molecule has 6 heteroatoms. The van der Waals surface area contributed by atoms with Crippen LogP contribution in [0.15, 0.2) is 30.3 Å². The van der Waals surface area contributed by atoms with E-state index in [1.807, 2.05) is 46.8 Å². The number of hydrogen-bond donors (Lipinski definition) is 2. The minimum Gasteiger partial charge on any atom is -0.465 e. The van der Waals surface area contributed by atoms with Crippen molar-refractivity contribution < 1.29 is 9.90 Å². The Labute approximate surface area is 172 Å². The highest BCUT2D eigenvalue weighted by atomic mass is 16.4. The predicted octanol–water partition coefficient (Wildman–Crippen LogP) is 5.85. The first kappa shape index (κ1) is 22.1. The normalized spacial score (nSPS) is 10.3. The number of carboxylic acid groups (broad SMARTS) is 1. The molecule has 0 unspecified atom stereocenters. The second-order valence-corrected chi connectivity index (χ2v) is 6.91. The SMILES string of the molecule is CC.CCc1cc(-c2nnc(NC(=O)O)n2-c2cc(C)cc(C)c2)c(C)cc1C. The summed E-state index contributed by atoms with van der Waals surface area (Å²) >= 11 is 0. The van der Waals surface area contributed by atoms with Crippen LogP contribution in [0, 0.1) is 27.7 Å². The van der Waals surface area contributed by atoms with Crippen molar-refractivity contribution in [3.63, 3.8) is 0 Å². The fourth-order valence-electron chi connectivity index (χ4n) is 3.48. The quantitative estimate of drug-likeness (QED) is 0.582. The minimum atomic E-state index is -1.17. The van der Waals surface area contributed by atoms with Crippen molar-refractivity contribution in [3.8, 4) is 17.1 Å². The number of anilines is 1. The van der Waals surface area contributed by atoms with Crippen molar-refractivity contribution in [3.05, 3.63) is 58.1 Å². The summed E-state index contributed by atoms with van der Waals surface area (Å²) in [5.41, 5.74) is 7.49. The molecule has 2 N–H and O–H groups in total. The van der Waals surface area contributed by atoms with E-state index in [1.54, 1.807) is 4.57 Å². The molecule has 0 saturated heterocycles. The zero-order chi connectivity index (χ0) is 21.7. The molecular weight excluding hydrogens is 364 g/mol. The fourth-order valence-corrected chi connectivity index (χ4v) is 3.48. The molecule has 1 heterocycles. The van der Waals surface area contributed by atoms with Gasteiger partial charge in [0.2, 0.25) is 5.95 Å². The number of rotatable bonds is 4. The molecule has 0 radical (unpaired) electrons. The van der Waals surface area contributed by atoms with Crippen LogP contribution in [0.2, 0.25) is 0 Å². The minimum absolute atomic E-state index is 0.181. The largest absolute Gasteiger partial charge is 0.465 e. The molecule has 0 fully saturated rings. The summed E-state index contributed by atoms with van der Waals surface area (Å²) in [6, 6.07) is 10.3. The summed E-state index contributed by atoms with van der Waals surface area (Å²) < 4.78 is 1.77. The highest BCUT2D eigenvalue weighted by Crippen LogP contribution is 2.30. The highest BCUT2D eigenvalue weighted by Gasteiger charge is 2.19. The number of nitrogens with one attached hydrogen (secondary N) is 1. The Kier molecular flexibility index (Phi) is 7.15. The zero-order valence-electron chi connectivity index (χ0n) is 18.3. The topological polar surface area (TPSA) is 80.0 Å². The van der Waals surface area contributed by atoms with E-state index in [4.69, 9.17) is 0 Å². The summed E-state index contributed by atoms with van der Waals surface area (Å²) in [6.07, 6.45) is -0.258. The first-order chi connectivity index (χ1) is 13.8. The van der Waals surface area contributed by atoms with Gasteiger partial charge in [-0.1, -0.05) is 32.9 Å². The van der Waals surface area contributed by atoms with E-state index in [9.17, 15) is 9.90 Å². The van der Waals surface area contributed by atoms with Gasteiger partial charge in [-0.2, -0.15) is 0 Å². The van der Waals surface area contributed by atoms with Crippen molar-refractivity contribution >= 4 is 12.0 Å². The lowest BCUT2D eigenvalue weighted by Gasteiger charge is -2.15. The number of aryl methyl sites for hydroxylation is 5. The van der Waals surface area contributed by atoms with E-state index in [1.165, 1.54) is 11.1 Å². The van der Waals surface area contributed by atoms with Crippen LogP contribution in [0.25, 0.3) is 17.1 Å². The molecule has 154 valence electrons. The Balaban J connectivity index is 0.00000145. The molecular formula is C23H30N4O2. The summed E-state index contributed by atoms with van der Waals surface area (Å²) in [7, 11) is 0. The van der Waals surface area contributed by atoms with Gasteiger partial charge in [-0.25, -0.2) is 4.79 Å². The Morgan fingerprint density at radius 1 is 0.966 bits per heavy atom. The maximum absolute atomic E-state index is 11.3. The van der Waals surface area contributed by atoms with Crippen LogP contribution >= 0.6 is 0 Å². The predicted molar refractivity (Wildman–Crippen MR) is 118 cm³/mol. The van der Waals surface area contributed by atoms with Gasteiger partial charge in [0.05, 0.1) is 5.69 Å². The lowest BCUT2D eigenvalue weighted by Crippen LogP contribution is -2.13. The van der Waals surface area contributed by atoms with Gasteiger partial charge in [0.15, 0.2) is 5.82 Å². The molecule has 3 rings (SSSR count). The molecule has 6 nitrogen and oxygen atoms in total. The first-order valence-electron chi connectivity index (χ1n) is 9.94. The monoisotopic (exact) mass is 394 g/mol. The molecule has 1 aromatic heterocycles. The van der Waals surface area contributed by atoms with Crippen LogP contribution in [0.3, 0.4) is 0 Å². The third-order valence-corrected chi connectivity index (χ3v) is 4.65. The van der Waals surface area contributed by atoms with E-state index in [0.717, 1.165) is 34.4 Å².